The zero-order chi connectivity index (χ0) is 14.9. The van der Waals surface area contributed by atoms with Crippen molar-refractivity contribution in [3.05, 3.63) is 0 Å². The molecule has 0 aromatic carbocycles. The van der Waals surface area contributed by atoms with E-state index in [-0.39, 0.29) is 27.4 Å². The summed E-state index contributed by atoms with van der Waals surface area (Å²) in [6.07, 6.45) is 11.5. The molecule has 0 bridgehead atoms. The zero-order valence-corrected chi connectivity index (χ0v) is 16.9. The molecular weight excluding hydrogens is 355 g/mol. The van der Waals surface area contributed by atoms with Gasteiger partial charge in [0.05, 0.1) is 0 Å². The predicted octanol–water partition coefficient (Wildman–Crippen LogP) is 5.46. The Morgan fingerprint density at radius 3 is 1.75 bits per heavy atom. The maximum atomic E-state index is 5.94. The molecule has 2 nitrogen and oxygen atoms in total. The second-order valence-corrected chi connectivity index (χ2v) is 9.76. The third-order valence-electron chi connectivity index (χ3n) is 3.37. The topological polar surface area (TPSA) is 18.5 Å². The van der Waals surface area contributed by atoms with E-state index in [4.69, 9.17) is 9.47 Å². The third kappa shape index (κ3) is 15.1. The Hall–Kier alpha value is 0.719. The summed E-state index contributed by atoms with van der Waals surface area (Å²) in [4.78, 5) is 0. The molecule has 0 N–H and O–H groups in total. The van der Waals surface area contributed by atoms with E-state index >= 15 is 0 Å². The molecule has 0 aliphatic carbocycles. The summed E-state index contributed by atoms with van der Waals surface area (Å²) in [5, 5.41) is 0. The molecule has 0 aliphatic rings. The molecule has 0 saturated heterocycles. The van der Waals surface area contributed by atoms with Crippen molar-refractivity contribution >= 4 is 21.1 Å². The van der Waals surface area contributed by atoms with Gasteiger partial charge < -0.3 is 0 Å². The van der Waals surface area contributed by atoms with Crippen LogP contribution < -0.4 is 0 Å². The predicted molar refractivity (Wildman–Crippen MR) is 89.6 cm³/mol. The SMILES string of the molecule is CCCCCOC(C[CH2][Sn][CH2]CCC)OCCCCC. The molecule has 2 radical (unpaired) electrons. The second kappa shape index (κ2) is 17.8. The van der Waals surface area contributed by atoms with Gasteiger partial charge in [0.1, 0.15) is 0 Å². The normalized spacial score (nSPS) is 11.4. The minimum absolute atomic E-state index is 0.0891. The Labute approximate surface area is 137 Å². The summed E-state index contributed by atoms with van der Waals surface area (Å²) < 4.78 is 14.8. The summed E-state index contributed by atoms with van der Waals surface area (Å²) >= 11 is -0.134. The van der Waals surface area contributed by atoms with Crippen LogP contribution in [0.2, 0.25) is 8.87 Å². The molecule has 0 aromatic rings. The van der Waals surface area contributed by atoms with Crippen molar-refractivity contribution < 1.29 is 9.47 Å². The van der Waals surface area contributed by atoms with Gasteiger partial charge in [0.2, 0.25) is 0 Å². The molecule has 0 amide bonds. The summed E-state index contributed by atoms with van der Waals surface area (Å²) in [6, 6.07) is 0. The molecule has 0 atom stereocenters. The van der Waals surface area contributed by atoms with Crippen LogP contribution in [0.25, 0.3) is 0 Å². The van der Waals surface area contributed by atoms with Crippen LogP contribution >= 0.6 is 0 Å². The first kappa shape index (κ1) is 20.7. The van der Waals surface area contributed by atoms with E-state index in [1.165, 1.54) is 60.2 Å². The van der Waals surface area contributed by atoms with Crippen molar-refractivity contribution in [3.63, 3.8) is 0 Å². The van der Waals surface area contributed by atoms with Gasteiger partial charge in [-0.2, -0.15) is 0 Å². The van der Waals surface area contributed by atoms with E-state index in [9.17, 15) is 0 Å². The fourth-order valence-electron chi connectivity index (χ4n) is 2.00. The Morgan fingerprint density at radius 1 is 0.700 bits per heavy atom. The molecule has 0 heterocycles. The fourth-order valence-corrected chi connectivity index (χ4v) is 5.69. The van der Waals surface area contributed by atoms with Crippen LogP contribution in [0.5, 0.6) is 0 Å². The van der Waals surface area contributed by atoms with Gasteiger partial charge in [0, 0.05) is 0 Å². The van der Waals surface area contributed by atoms with Gasteiger partial charge in [0.15, 0.2) is 0 Å². The van der Waals surface area contributed by atoms with E-state index in [1.807, 2.05) is 0 Å². The van der Waals surface area contributed by atoms with Crippen molar-refractivity contribution in [3.8, 4) is 0 Å². The molecule has 0 aromatic heterocycles. The summed E-state index contributed by atoms with van der Waals surface area (Å²) in [6.45, 7) is 8.52. The molecular formula is C17H36O2Sn. The van der Waals surface area contributed by atoms with E-state index in [1.54, 1.807) is 0 Å². The van der Waals surface area contributed by atoms with Gasteiger partial charge in [-0.3, -0.25) is 0 Å². The average Bonchev–Trinajstić information content (AvgIpc) is 2.47. The number of ether oxygens (including phenoxy) is 2. The van der Waals surface area contributed by atoms with Gasteiger partial charge in [-0.25, -0.2) is 0 Å². The molecule has 3 heteroatoms. The summed E-state index contributed by atoms with van der Waals surface area (Å²) in [5.41, 5.74) is 0. The Balaban J connectivity index is 3.67. The molecule has 0 aliphatic heterocycles. The molecule has 0 spiro atoms. The Kier molecular flexibility index (Phi) is 18.4. The van der Waals surface area contributed by atoms with E-state index in [0.29, 0.717) is 0 Å². The van der Waals surface area contributed by atoms with Gasteiger partial charge in [-0.05, 0) is 0 Å². The van der Waals surface area contributed by atoms with Gasteiger partial charge in [-0.15, -0.1) is 0 Å². The monoisotopic (exact) mass is 392 g/mol. The van der Waals surface area contributed by atoms with Crippen LogP contribution in [0.15, 0.2) is 0 Å². The number of hydrogen-bond donors (Lipinski definition) is 0. The molecule has 20 heavy (non-hydrogen) atoms. The van der Waals surface area contributed by atoms with Crippen LogP contribution in [0.1, 0.15) is 78.6 Å². The molecule has 0 fully saturated rings. The van der Waals surface area contributed by atoms with Crippen LogP contribution in [-0.4, -0.2) is 40.6 Å². The van der Waals surface area contributed by atoms with Gasteiger partial charge in [0.25, 0.3) is 0 Å². The van der Waals surface area contributed by atoms with Crippen molar-refractivity contribution in [2.45, 2.75) is 93.7 Å². The van der Waals surface area contributed by atoms with Crippen LogP contribution in [-0.2, 0) is 9.47 Å². The fraction of sp³-hybridized carbons (Fsp3) is 1.00. The zero-order valence-electron chi connectivity index (χ0n) is 14.1. The first-order chi connectivity index (χ1) is 9.85. The minimum atomic E-state index is -0.134. The van der Waals surface area contributed by atoms with E-state index < -0.39 is 0 Å². The van der Waals surface area contributed by atoms with Crippen molar-refractivity contribution in [2.24, 2.45) is 0 Å². The average molecular weight is 391 g/mol. The van der Waals surface area contributed by atoms with Crippen molar-refractivity contribution in [1.82, 2.24) is 0 Å². The molecule has 0 unspecified atom stereocenters. The number of hydrogen-bond acceptors (Lipinski definition) is 2. The van der Waals surface area contributed by atoms with E-state index in [2.05, 4.69) is 20.8 Å². The van der Waals surface area contributed by atoms with Crippen LogP contribution in [0, 0.1) is 0 Å². The number of rotatable bonds is 16. The van der Waals surface area contributed by atoms with E-state index in [0.717, 1.165) is 19.6 Å². The van der Waals surface area contributed by atoms with Crippen molar-refractivity contribution in [2.75, 3.05) is 13.2 Å². The Morgan fingerprint density at radius 2 is 1.25 bits per heavy atom. The standard InChI is InChI=1S/C13H27O2.C4H9.Sn/c1-4-7-9-11-14-13(6-3)15-12-10-8-5-2;1-3-4-2;/h13H,3-12H2,1-2H3;1,3-4H2,2H3;. The molecule has 0 saturated carbocycles. The third-order valence-corrected chi connectivity index (χ3v) is 7.22. The van der Waals surface area contributed by atoms with Crippen LogP contribution in [0.3, 0.4) is 0 Å². The molecule has 0 rings (SSSR count). The first-order valence-electron chi connectivity index (χ1n) is 8.79. The summed E-state index contributed by atoms with van der Waals surface area (Å²) in [7, 11) is 0. The second-order valence-electron chi connectivity index (χ2n) is 5.48. The van der Waals surface area contributed by atoms with Gasteiger partial charge >= 0.3 is 138 Å². The Bertz CT molecular complexity index is 164. The summed E-state index contributed by atoms with van der Waals surface area (Å²) in [5.74, 6) is 0. The van der Waals surface area contributed by atoms with Crippen molar-refractivity contribution in [1.29, 1.82) is 0 Å². The van der Waals surface area contributed by atoms with Crippen LogP contribution in [0.4, 0.5) is 0 Å². The maximum absolute atomic E-state index is 5.94. The quantitative estimate of drug-likeness (QED) is 0.198. The number of unbranched alkanes of at least 4 members (excludes halogenated alkanes) is 5. The first-order valence-corrected chi connectivity index (χ1v) is 12.8. The van der Waals surface area contributed by atoms with Gasteiger partial charge in [-0.1, -0.05) is 0 Å². The molecule has 120 valence electrons.